The van der Waals surface area contributed by atoms with Gasteiger partial charge in [0.25, 0.3) is 5.91 Å². The number of ketones is 1. The number of amides is 1. The number of aromatic nitrogens is 1. The van der Waals surface area contributed by atoms with Crippen LogP contribution in [0.15, 0.2) is 36.9 Å². The van der Waals surface area contributed by atoms with Gasteiger partial charge in [-0.1, -0.05) is 12.1 Å². The average molecular weight is 429 g/mol. The Kier molecular flexibility index (Phi) is 7.91. The van der Waals surface area contributed by atoms with Crippen molar-refractivity contribution in [2.45, 2.75) is 47.2 Å². The SMILES string of the molecule is C=CCN(C(=O)c1cccc(F)c1)C(C)C(=O)c1c(C)c(C(=O)OCC)n(CC)c1C. The summed E-state index contributed by atoms with van der Waals surface area (Å²) in [4.78, 5) is 40.4. The summed E-state index contributed by atoms with van der Waals surface area (Å²) in [6, 6.07) is 4.48. The van der Waals surface area contributed by atoms with Gasteiger partial charge in [0.2, 0.25) is 0 Å². The number of Topliss-reactive ketones (excluding diaryl/α,β-unsaturated/α-hetero) is 1. The molecule has 2 rings (SSSR count). The zero-order chi connectivity index (χ0) is 23.3. The Hall–Kier alpha value is -3.22. The molecule has 1 heterocycles. The zero-order valence-corrected chi connectivity index (χ0v) is 18.7. The van der Waals surface area contributed by atoms with Crippen molar-refractivity contribution in [2.24, 2.45) is 0 Å². The molecule has 0 saturated carbocycles. The summed E-state index contributed by atoms with van der Waals surface area (Å²) in [6.07, 6.45) is 1.52. The highest BCUT2D eigenvalue weighted by Crippen LogP contribution is 2.26. The number of hydrogen-bond donors (Lipinski definition) is 0. The topological polar surface area (TPSA) is 68.6 Å². The maximum absolute atomic E-state index is 13.6. The lowest BCUT2D eigenvalue weighted by atomic mass is 9.99. The monoisotopic (exact) mass is 428 g/mol. The molecule has 0 fully saturated rings. The lowest BCUT2D eigenvalue weighted by Gasteiger charge is -2.27. The summed E-state index contributed by atoms with van der Waals surface area (Å²) < 4.78 is 20.5. The molecule has 6 nitrogen and oxygen atoms in total. The Morgan fingerprint density at radius 1 is 1.26 bits per heavy atom. The number of rotatable bonds is 9. The van der Waals surface area contributed by atoms with E-state index in [1.165, 1.54) is 29.2 Å². The first-order valence-corrected chi connectivity index (χ1v) is 10.3. The average Bonchev–Trinajstić information content (AvgIpc) is 3.00. The predicted octanol–water partition coefficient (Wildman–Crippen LogP) is 4.34. The molecule has 7 heteroatoms. The molecule has 0 N–H and O–H groups in total. The minimum Gasteiger partial charge on any atom is -0.461 e. The predicted molar refractivity (Wildman–Crippen MR) is 117 cm³/mol. The second-order valence-electron chi connectivity index (χ2n) is 7.20. The molecule has 2 aromatic rings. The van der Waals surface area contributed by atoms with Crippen LogP contribution >= 0.6 is 0 Å². The lowest BCUT2D eigenvalue weighted by molar-refractivity contribution is 0.0512. The molecule has 0 aliphatic carbocycles. The van der Waals surface area contributed by atoms with E-state index in [2.05, 4.69) is 6.58 Å². The van der Waals surface area contributed by atoms with Crippen LogP contribution in [0.1, 0.15) is 63.2 Å². The molecule has 31 heavy (non-hydrogen) atoms. The normalized spacial score (nSPS) is 11.7. The number of nitrogens with zero attached hydrogens (tertiary/aromatic N) is 2. The summed E-state index contributed by atoms with van der Waals surface area (Å²) >= 11 is 0. The van der Waals surface area contributed by atoms with E-state index in [1.54, 1.807) is 32.3 Å². The highest BCUT2D eigenvalue weighted by molar-refractivity contribution is 6.07. The van der Waals surface area contributed by atoms with Crippen LogP contribution in [0.4, 0.5) is 4.39 Å². The summed E-state index contributed by atoms with van der Waals surface area (Å²) in [5.41, 5.74) is 2.03. The molecular formula is C24H29FN2O4. The molecule has 0 radical (unpaired) electrons. The first-order chi connectivity index (χ1) is 14.7. The van der Waals surface area contributed by atoms with Gasteiger partial charge in [0.05, 0.1) is 12.6 Å². The molecule has 1 aromatic carbocycles. The number of carbonyl (C=O) groups is 3. The van der Waals surface area contributed by atoms with E-state index in [-0.39, 0.29) is 24.5 Å². The summed E-state index contributed by atoms with van der Waals surface area (Å²) in [7, 11) is 0. The van der Waals surface area contributed by atoms with Crippen molar-refractivity contribution in [3.63, 3.8) is 0 Å². The molecule has 1 amide bonds. The highest BCUT2D eigenvalue weighted by atomic mass is 19.1. The van der Waals surface area contributed by atoms with E-state index in [1.807, 2.05) is 6.92 Å². The van der Waals surface area contributed by atoms with E-state index in [4.69, 9.17) is 4.74 Å². The van der Waals surface area contributed by atoms with Crippen molar-refractivity contribution in [3.05, 3.63) is 70.8 Å². The number of halogens is 1. The maximum Gasteiger partial charge on any atom is 0.355 e. The zero-order valence-electron chi connectivity index (χ0n) is 18.7. The number of ether oxygens (including phenoxy) is 1. The molecule has 0 aliphatic rings. The van der Waals surface area contributed by atoms with Gasteiger partial charge < -0.3 is 14.2 Å². The Labute approximate surface area is 182 Å². The number of hydrogen-bond acceptors (Lipinski definition) is 4. The first-order valence-electron chi connectivity index (χ1n) is 10.3. The second-order valence-corrected chi connectivity index (χ2v) is 7.20. The van der Waals surface area contributed by atoms with Gasteiger partial charge in [0, 0.05) is 29.9 Å². The molecule has 0 saturated heterocycles. The van der Waals surface area contributed by atoms with Crippen molar-refractivity contribution in [1.29, 1.82) is 0 Å². The van der Waals surface area contributed by atoms with Gasteiger partial charge in [0.15, 0.2) is 5.78 Å². The van der Waals surface area contributed by atoms with E-state index in [9.17, 15) is 18.8 Å². The highest BCUT2D eigenvalue weighted by Gasteiger charge is 2.33. The van der Waals surface area contributed by atoms with Gasteiger partial charge in [-0.25, -0.2) is 9.18 Å². The third-order valence-corrected chi connectivity index (χ3v) is 5.30. The number of benzene rings is 1. The van der Waals surface area contributed by atoms with Gasteiger partial charge >= 0.3 is 5.97 Å². The summed E-state index contributed by atoms with van der Waals surface area (Å²) in [6.45, 7) is 13.2. The molecule has 0 aliphatic heterocycles. The fourth-order valence-corrected chi connectivity index (χ4v) is 3.81. The minimum absolute atomic E-state index is 0.111. The van der Waals surface area contributed by atoms with Crippen molar-refractivity contribution in [1.82, 2.24) is 9.47 Å². The van der Waals surface area contributed by atoms with E-state index in [0.29, 0.717) is 29.1 Å². The fourth-order valence-electron chi connectivity index (χ4n) is 3.81. The molecule has 0 bridgehead atoms. The Balaban J connectivity index is 2.49. The standard InChI is InChI=1S/C24H29FN2O4/c1-7-13-27(23(29)18-11-10-12-19(25)14-18)17(6)22(28)20-15(4)21(24(30)31-9-3)26(8-2)16(20)5/h7,10-12,14,17H,1,8-9,13H2,2-6H3. The maximum atomic E-state index is 13.6. The quantitative estimate of drug-likeness (QED) is 0.338. The summed E-state index contributed by atoms with van der Waals surface area (Å²) in [5.74, 6) is -1.81. The van der Waals surface area contributed by atoms with Crippen molar-refractivity contribution < 1.29 is 23.5 Å². The van der Waals surface area contributed by atoms with Gasteiger partial charge in [-0.15, -0.1) is 6.58 Å². The van der Waals surface area contributed by atoms with Crippen LogP contribution in [0.25, 0.3) is 0 Å². The van der Waals surface area contributed by atoms with Crippen LogP contribution in [-0.2, 0) is 11.3 Å². The first kappa shape index (κ1) is 24.1. The number of carbonyl (C=O) groups excluding carboxylic acids is 3. The lowest BCUT2D eigenvalue weighted by Crippen LogP contribution is -2.43. The molecule has 0 spiro atoms. The minimum atomic E-state index is -0.853. The van der Waals surface area contributed by atoms with Crippen molar-refractivity contribution in [2.75, 3.05) is 13.2 Å². The van der Waals surface area contributed by atoms with Crippen LogP contribution in [0.5, 0.6) is 0 Å². The van der Waals surface area contributed by atoms with Crippen LogP contribution < -0.4 is 0 Å². The summed E-state index contributed by atoms with van der Waals surface area (Å²) in [5, 5.41) is 0. The molecule has 1 aromatic heterocycles. The van der Waals surface area contributed by atoms with Crippen molar-refractivity contribution in [3.8, 4) is 0 Å². The second kappa shape index (κ2) is 10.2. The Morgan fingerprint density at radius 3 is 2.48 bits per heavy atom. The van der Waals surface area contributed by atoms with Crippen LogP contribution in [0, 0.1) is 19.7 Å². The van der Waals surface area contributed by atoms with Gasteiger partial charge in [-0.2, -0.15) is 0 Å². The van der Waals surface area contributed by atoms with Crippen molar-refractivity contribution >= 4 is 17.7 Å². The molecule has 1 unspecified atom stereocenters. The largest absolute Gasteiger partial charge is 0.461 e. The van der Waals surface area contributed by atoms with Gasteiger partial charge in [-0.05, 0) is 58.4 Å². The third kappa shape index (κ3) is 4.76. The fraction of sp³-hybridized carbons (Fsp3) is 0.375. The number of esters is 1. The van der Waals surface area contributed by atoms with E-state index < -0.39 is 23.7 Å². The molecule has 1 atom stereocenters. The van der Waals surface area contributed by atoms with Gasteiger partial charge in [-0.3, -0.25) is 9.59 Å². The third-order valence-electron chi connectivity index (χ3n) is 5.30. The van der Waals surface area contributed by atoms with Crippen LogP contribution in [0.3, 0.4) is 0 Å². The van der Waals surface area contributed by atoms with Crippen LogP contribution in [-0.4, -0.2) is 46.3 Å². The Morgan fingerprint density at radius 2 is 1.94 bits per heavy atom. The smallest absolute Gasteiger partial charge is 0.355 e. The Bertz CT molecular complexity index is 1010. The van der Waals surface area contributed by atoms with Gasteiger partial charge in [0.1, 0.15) is 11.5 Å². The van der Waals surface area contributed by atoms with E-state index in [0.717, 1.165) is 6.07 Å². The van der Waals surface area contributed by atoms with Crippen LogP contribution in [0.2, 0.25) is 0 Å². The molecule has 166 valence electrons. The molecular weight excluding hydrogens is 399 g/mol. The van der Waals surface area contributed by atoms with E-state index >= 15 is 0 Å².